The molecule has 1 aromatic carbocycles. The number of fused-ring (bicyclic) bond motifs is 1. The van der Waals surface area contributed by atoms with Crippen LogP contribution < -0.4 is 9.47 Å². The van der Waals surface area contributed by atoms with Crippen molar-refractivity contribution in [2.24, 2.45) is 0 Å². The van der Waals surface area contributed by atoms with E-state index in [1.807, 2.05) is 0 Å². The highest BCUT2D eigenvalue weighted by Gasteiger charge is 2.38. The molecule has 36 heavy (non-hydrogen) atoms. The Kier molecular flexibility index (Phi) is 8.09. The summed E-state index contributed by atoms with van der Waals surface area (Å²) in [6.45, 7) is 2.88. The fourth-order valence-corrected chi connectivity index (χ4v) is 6.27. The predicted octanol–water partition coefficient (Wildman–Crippen LogP) is 8.96. The molecule has 4 rings (SSSR count). The zero-order valence-corrected chi connectivity index (χ0v) is 20.9. The third kappa shape index (κ3) is 5.94. The van der Waals surface area contributed by atoms with Crippen LogP contribution in [0, 0.1) is 0 Å². The maximum atomic E-state index is 13.7. The van der Waals surface area contributed by atoms with E-state index >= 15 is 0 Å². The van der Waals surface area contributed by atoms with Crippen LogP contribution >= 0.6 is 23.1 Å². The quantitative estimate of drug-likeness (QED) is 0.160. The number of thiophene rings is 1. The normalized spacial score (nSPS) is 13.8. The van der Waals surface area contributed by atoms with Crippen molar-refractivity contribution in [2.75, 3.05) is 19.0 Å². The molecule has 2 aromatic heterocycles. The molecule has 0 unspecified atom stereocenters. The molecule has 0 fully saturated rings. The minimum Gasteiger partial charge on any atom is -0.485 e. The van der Waals surface area contributed by atoms with Gasteiger partial charge < -0.3 is 9.47 Å². The first-order valence-electron chi connectivity index (χ1n) is 11.4. The van der Waals surface area contributed by atoms with E-state index in [1.54, 1.807) is 17.8 Å². The maximum absolute atomic E-state index is 13.7. The highest BCUT2D eigenvalue weighted by atomic mass is 32.2. The average molecular weight is 548 g/mol. The Balaban J connectivity index is 1.71. The van der Waals surface area contributed by atoms with Crippen LogP contribution in [0.2, 0.25) is 0 Å². The number of ether oxygens (including phenoxy) is 2. The Labute approximate surface area is 212 Å². The number of hydrogen-bond donors (Lipinski definition) is 0. The summed E-state index contributed by atoms with van der Waals surface area (Å²) in [4.78, 5) is 4.73. The summed E-state index contributed by atoms with van der Waals surface area (Å²) in [5, 5.41) is 0. The summed E-state index contributed by atoms with van der Waals surface area (Å²) in [6, 6.07) is 4.66. The van der Waals surface area contributed by atoms with Crippen molar-refractivity contribution < 1.29 is 35.8 Å². The van der Waals surface area contributed by atoms with Crippen molar-refractivity contribution in [3.8, 4) is 33.2 Å². The standard InChI is InChI=1S/C25H23F6NO2S2/c1-2-3-4-5-12-35-23-21-20(33-10-11-34-21)22(36-23)15-8-9-32-19(13-15)17-7-6-16(24(26,27)28)14-18(17)25(29,30)31/h6-9,13-14H,2-5,10-12H2,1H3. The van der Waals surface area contributed by atoms with Gasteiger partial charge in [0.25, 0.3) is 0 Å². The average Bonchev–Trinajstić information content (AvgIpc) is 3.21. The van der Waals surface area contributed by atoms with Crippen molar-refractivity contribution >= 4 is 23.1 Å². The van der Waals surface area contributed by atoms with E-state index in [0.29, 0.717) is 41.2 Å². The molecular weight excluding hydrogens is 524 g/mol. The molecule has 0 radical (unpaired) electrons. The number of nitrogens with zero attached hydrogens (tertiary/aromatic N) is 1. The van der Waals surface area contributed by atoms with E-state index in [1.165, 1.54) is 23.6 Å². The maximum Gasteiger partial charge on any atom is 0.417 e. The van der Waals surface area contributed by atoms with Gasteiger partial charge >= 0.3 is 12.4 Å². The van der Waals surface area contributed by atoms with Crippen molar-refractivity contribution in [1.29, 1.82) is 0 Å². The first kappa shape index (κ1) is 26.7. The van der Waals surface area contributed by atoms with Crippen molar-refractivity contribution in [2.45, 2.75) is 49.2 Å². The van der Waals surface area contributed by atoms with E-state index in [0.717, 1.165) is 41.7 Å². The monoisotopic (exact) mass is 547 g/mol. The van der Waals surface area contributed by atoms with E-state index in [-0.39, 0.29) is 11.8 Å². The van der Waals surface area contributed by atoms with Crippen molar-refractivity contribution in [3.05, 3.63) is 47.7 Å². The number of hydrogen-bond acceptors (Lipinski definition) is 5. The number of benzene rings is 1. The minimum atomic E-state index is -4.99. The van der Waals surface area contributed by atoms with E-state index < -0.39 is 29.0 Å². The Morgan fingerprint density at radius 1 is 0.917 bits per heavy atom. The molecule has 0 N–H and O–H groups in total. The van der Waals surface area contributed by atoms with Gasteiger partial charge in [0.1, 0.15) is 17.4 Å². The highest BCUT2D eigenvalue weighted by Crippen LogP contribution is 2.53. The summed E-state index contributed by atoms with van der Waals surface area (Å²) in [6.07, 6.45) is -4.06. The summed E-state index contributed by atoms with van der Waals surface area (Å²) >= 11 is 3.08. The third-order valence-electron chi connectivity index (χ3n) is 5.55. The number of pyridine rings is 1. The zero-order chi connectivity index (χ0) is 25.9. The second-order valence-electron chi connectivity index (χ2n) is 8.17. The lowest BCUT2D eigenvalue weighted by atomic mass is 9.99. The topological polar surface area (TPSA) is 31.4 Å². The fraction of sp³-hybridized carbons (Fsp3) is 0.400. The molecule has 11 heteroatoms. The zero-order valence-electron chi connectivity index (χ0n) is 19.3. The molecule has 0 atom stereocenters. The molecule has 1 aliphatic rings. The van der Waals surface area contributed by atoms with Gasteiger partial charge in [-0.2, -0.15) is 26.3 Å². The minimum absolute atomic E-state index is 0.0822. The third-order valence-corrected chi connectivity index (χ3v) is 8.09. The van der Waals surface area contributed by atoms with Crippen LogP contribution in [0.1, 0.15) is 43.7 Å². The Morgan fingerprint density at radius 2 is 1.67 bits per heavy atom. The molecule has 0 spiro atoms. The summed E-state index contributed by atoms with van der Waals surface area (Å²) < 4.78 is 93.0. The van der Waals surface area contributed by atoms with Crippen LogP contribution in [0.5, 0.6) is 11.5 Å². The molecule has 0 bridgehead atoms. The van der Waals surface area contributed by atoms with E-state index in [2.05, 4.69) is 11.9 Å². The molecule has 3 aromatic rings. The van der Waals surface area contributed by atoms with Crippen LogP contribution in [-0.4, -0.2) is 24.0 Å². The molecule has 0 saturated heterocycles. The van der Waals surface area contributed by atoms with E-state index in [4.69, 9.17) is 9.47 Å². The van der Waals surface area contributed by atoms with Gasteiger partial charge in [0.2, 0.25) is 0 Å². The van der Waals surface area contributed by atoms with Crippen LogP contribution in [0.25, 0.3) is 21.7 Å². The van der Waals surface area contributed by atoms with Crippen LogP contribution in [-0.2, 0) is 12.4 Å². The Bertz CT molecular complexity index is 1210. The Hall–Kier alpha value is -2.40. The van der Waals surface area contributed by atoms with Gasteiger partial charge in [0.15, 0.2) is 11.5 Å². The van der Waals surface area contributed by atoms with Gasteiger partial charge in [-0.05, 0) is 42.0 Å². The van der Waals surface area contributed by atoms with Gasteiger partial charge in [-0.15, -0.1) is 23.1 Å². The molecule has 3 nitrogen and oxygen atoms in total. The van der Waals surface area contributed by atoms with Crippen LogP contribution in [0.3, 0.4) is 0 Å². The van der Waals surface area contributed by atoms with Crippen molar-refractivity contribution in [1.82, 2.24) is 4.98 Å². The highest BCUT2D eigenvalue weighted by molar-refractivity contribution is 8.01. The number of thioether (sulfide) groups is 1. The second-order valence-corrected chi connectivity index (χ2v) is 10.6. The lowest BCUT2D eigenvalue weighted by molar-refractivity contribution is -0.142. The smallest absolute Gasteiger partial charge is 0.417 e. The molecule has 1 aliphatic heterocycles. The summed E-state index contributed by atoms with van der Waals surface area (Å²) in [5.74, 6) is 2.06. The molecular formula is C25H23F6NO2S2. The summed E-state index contributed by atoms with van der Waals surface area (Å²) in [5.41, 5.74) is -2.71. The molecule has 0 aliphatic carbocycles. The number of rotatable bonds is 8. The number of halogens is 6. The van der Waals surface area contributed by atoms with Gasteiger partial charge in [-0.3, -0.25) is 4.98 Å². The number of aromatic nitrogens is 1. The first-order valence-corrected chi connectivity index (χ1v) is 13.2. The Morgan fingerprint density at radius 3 is 2.36 bits per heavy atom. The van der Waals surface area contributed by atoms with Gasteiger partial charge in [-0.1, -0.05) is 32.3 Å². The molecule has 3 heterocycles. The predicted molar refractivity (Wildman–Crippen MR) is 129 cm³/mol. The number of unbranched alkanes of at least 4 members (excludes halogenated alkanes) is 3. The van der Waals surface area contributed by atoms with Crippen LogP contribution in [0.15, 0.2) is 40.7 Å². The van der Waals surface area contributed by atoms with E-state index in [9.17, 15) is 26.3 Å². The SMILES string of the molecule is CCCCCCSc1sc(-c2ccnc(-c3ccc(C(F)(F)F)cc3C(F)(F)F)c2)c2c1OCCO2. The lowest BCUT2D eigenvalue weighted by Gasteiger charge is -2.18. The van der Waals surface area contributed by atoms with Crippen LogP contribution in [0.4, 0.5) is 26.3 Å². The van der Waals surface area contributed by atoms with Gasteiger partial charge in [-0.25, -0.2) is 0 Å². The largest absolute Gasteiger partial charge is 0.485 e. The lowest BCUT2D eigenvalue weighted by Crippen LogP contribution is -2.14. The molecule has 0 amide bonds. The van der Waals surface area contributed by atoms with Gasteiger partial charge in [0, 0.05) is 11.8 Å². The van der Waals surface area contributed by atoms with Gasteiger partial charge in [0.05, 0.1) is 21.7 Å². The van der Waals surface area contributed by atoms with Crippen molar-refractivity contribution in [3.63, 3.8) is 0 Å². The summed E-state index contributed by atoms with van der Waals surface area (Å²) in [7, 11) is 0. The molecule has 194 valence electrons. The first-order chi connectivity index (χ1) is 17.1. The second kappa shape index (κ2) is 10.9. The molecule has 0 saturated carbocycles. The number of alkyl halides is 6. The fourth-order valence-electron chi connectivity index (χ4n) is 3.80.